The van der Waals surface area contributed by atoms with Gasteiger partial charge in [0.1, 0.15) is 11.5 Å². The summed E-state index contributed by atoms with van der Waals surface area (Å²) in [4.78, 5) is 19.4. The van der Waals surface area contributed by atoms with Crippen LogP contribution in [0.1, 0.15) is 10.4 Å². The van der Waals surface area contributed by atoms with Gasteiger partial charge >= 0.3 is 0 Å². The first-order valence-corrected chi connectivity index (χ1v) is 5.79. The minimum Gasteiger partial charge on any atom is -0.365 e. The molecule has 0 bridgehead atoms. The molecular weight excluding hydrogens is 266 g/mol. The number of halogens is 1. The summed E-state index contributed by atoms with van der Waals surface area (Å²) >= 11 is 5.76. The molecule has 94 valence electrons. The summed E-state index contributed by atoms with van der Waals surface area (Å²) < 4.78 is 1.55. The van der Waals surface area contributed by atoms with E-state index in [1.54, 1.807) is 28.9 Å². The second-order valence-electron chi connectivity index (χ2n) is 3.86. The zero-order valence-electron chi connectivity index (χ0n) is 9.62. The number of hydrogen-bond donors (Lipinski definition) is 1. The van der Waals surface area contributed by atoms with Gasteiger partial charge in [0.15, 0.2) is 5.65 Å². The Labute approximate surface area is 112 Å². The third-order valence-electron chi connectivity index (χ3n) is 2.71. The Kier molecular flexibility index (Phi) is 2.64. The van der Waals surface area contributed by atoms with Crippen molar-refractivity contribution >= 4 is 23.2 Å². The Morgan fingerprint density at radius 1 is 1.21 bits per heavy atom. The molecule has 3 aromatic heterocycles. The first kappa shape index (κ1) is 11.6. The fourth-order valence-corrected chi connectivity index (χ4v) is 1.96. The summed E-state index contributed by atoms with van der Waals surface area (Å²) in [5, 5.41) is 4.51. The van der Waals surface area contributed by atoms with Crippen LogP contribution in [0.25, 0.3) is 16.9 Å². The molecule has 0 aliphatic carbocycles. The molecule has 3 aromatic rings. The molecular formula is C12H8ClN5O. The van der Waals surface area contributed by atoms with Crippen LogP contribution in [-0.2, 0) is 0 Å². The van der Waals surface area contributed by atoms with Gasteiger partial charge in [0.25, 0.3) is 5.91 Å². The van der Waals surface area contributed by atoms with Crippen LogP contribution in [0.4, 0.5) is 0 Å². The Hall–Kier alpha value is -2.47. The van der Waals surface area contributed by atoms with Gasteiger partial charge in [-0.2, -0.15) is 5.10 Å². The van der Waals surface area contributed by atoms with Crippen molar-refractivity contribution in [1.29, 1.82) is 0 Å². The van der Waals surface area contributed by atoms with Gasteiger partial charge in [0.05, 0.1) is 11.3 Å². The minimum absolute atomic E-state index is 0.322. The van der Waals surface area contributed by atoms with Crippen molar-refractivity contribution in [2.45, 2.75) is 0 Å². The summed E-state index contributed by atoms with van der Waals surface area (Å²) in [6.07, 6.45) is 3.00. The lowest BCUT2D eigenvalue weighted by Crippen LogP contribution is -2.13. The predicted molar refractivity (Wildman–Crippen MR) is 69.7 cm³/mol. The van der Waals surface area contributed by atoms with E-state index in [1.165, 1.54) is 6.33 Å². The fourth-order valence-electron chi connectivity index (χ4n) is 1.85. The van der Waals surface area contributed by atoms with E-state index in [9.17, 15) is 4.79 Å². The van der Waals surface area contributed by atoms with Crippen molar-refractivity contribution in [3.05, 3.63) is 47.5 Å². The largest absolute Gasteiger partial charge is 0.365 e. The molecule has 2 N–H and O–H groups in total. The molecule has 0 saturated heterocycles. The van der Waals surface area contributed by atoms with Crippen LogP contribution in [-0.4, -0.2) is 25.5 Å². The third kappa shape index (κ3) is 1.92. The lowest BCUT2D eigenvalue weighted by molar-refractivity contribution is 0.100. The molecule has 7 heteroatoms. The molecule has 0 atom stereocenters. The molecule has 0 fully saturated rings. The summed E-state index contributed by atoms with van der Waals surface area (Å²) in [6.45, 7) is 0. The van der Waals surface area contributed by atoms with Crippen molar-refractivity contribution in [3.8, 4) is 11.3 Å². The molecule has 0 saturated carbocycles. The third-order valence-corrected chi connectivity index (χ3v) is 2.94. The standard InChI is InChI=1S/C12H8ClN5O/c13-10-4-1-7(5-15-10)9-3-2-8(11(14)19)12-16-6-17-18(9)12/h1-6H,(H2,14,19). The molecule has 0 spiro atoms. The van der Waals surface area contributed by atoms with Crippen LogP contribution in [0, 0.1) is 0 Å². The zero-order chi connectivity index (χ0) is 13.4. The van der Waals surface area contributed by atoms with Crippen LogP contribution >= 0.6 is 11.6 Å². The SMILES string of the molecule is NC(=O)c1ccc(-c2ccc(Cl)nc2)n2ncnc12. The number of carbonyl (C=O) groups is 1. The summed E-state index contributed by atoms with van der Waals surface area (Å²) in [7, 11) is 0. The van der Waals surface area contributed by atoms with Crippen molar-refractivity contribution < 1.29 is 4.79 Å². The molecule has 0 radical (unpaired) electrons. The number of fused-ring (bicyclic) bond motifs is 1. The van der Waals surface area contributed by atoms with E-state index < -0.39 is 5.91 Å². The normalized spacial score (nSPS) is 10.8. The van der Waals surface area contributed by atoms with Crippen LogP contribution < -0.4 is 5.73 Å². The van der Waals surface area contributed by atoms with E-state index in [0.717, 1.165) is 11.3 Å². The lowest BCUT2D eigenvalue weighted by Gasteiger charge is -2.06. The van der Waals surface area contributed by atoms with E-state index in [-0.39, 0.29) is 0 Å². The number of carbonyl (C=O) groups excluding carboxylic acids is 1. The van der Waals surface area contributed by atoms with Gasteiger partial charge in [0, 0.05) is 11.8 Å². The highest BCUT2D eigenvalue weighted by atomic mass is 35.5. The molecule has 0 unspecified atom stereocenters. The van der Waals surface area contributed by atoms with E-state index in [0.29, 0.717) is 16.4 Å². The average molecular weight is 274 g/mol. The molecule has 19 heavy (non-hydrogen) atoms. The minimum atomic E-state index is -0.543. The van der Waals surface area contributed by atoms with Gasteiger partial charge in [0.2, 0.25) is 0 Å². The lowest BCUT2D eigenvalue weighted by atomic mass is 10.1. The Bertz CT molecular complexity index is 765. The van der Waals surface area contributed by atoms with Gasteiger partial charge < -0.3 is 5.73 Å². The van der Waals surface area contributed by atoms with Crippen molar-refractivity contribution in [1.82, 2.24) is 19.6 Å². The highest BCUT2D eigenvalue weighted by molar-refractivity contribution is 6.29. The highest BCUT2D eigenvalue weighted by Crippen LogP contribution is 2.21. The number of amides is 1. The summed E-state index contributed by atoms with van der Waals surface area (Å²) in [6, 6.07) is 6.86. The number of primary amides is 1. The van der Waals surface area contributed by atoms with Crippen molar-refractivity contribution in [2.75, 3.05) is 0 Å². The molecule has 0 aromatic carbocycles. The topological polar surface area (TPSA) is 86.2 Å². The predicted octanol–water partition coefficient (Wildman–Crippen LogP) is 1.54. The van der Waals surface area contributed by atoms with Crippen LogP contribution in [0.5, 0.6) is 0 Å². The molecule has 1 amide bonds. The van der Waals surface area contributed by atoms with Gasteiger partial charge in [-0.15, -0.1) is 0 Å². The molecule has 0 aliphatic rings. The molecule has 0 aliphatic heterocycles. The molecule has 3 heterocycles. The van der Waals surface area contributed by atoms with E-state index in [1.807, 2.05) is 6.07 Å². The first-order chi connectivity index (χ1) is 9.16. The number of aromatic nitrogens is 4. The maximum atomic E-state index is 11.3. The second kappa shape index (κ2) is 4.33. The van der Waals surface area contributed by atoms with Gasteiger partial charge in [-0.3, -0.25) is 4.79 Å². The zero-order valence-corrected chi connectivity index (χ0v) is 10.4. The fraction of sp³-hybridized carbons (Fsp3) is 0. The smallest absolute Gasteiger partial charge is 0.252 e. The second-order valence-corrected chi connectivity index (χ2v) is 4.25. The average Bonchev–Trinajstić information content (AvgIpc) is 2.87. The maximum absolute atomic E-state index is 11.3. The molecule has 3 rings (SSSR count). The van der Waals surface area contributed by atoms with Gasteiger partial charge in [-0.05, 0) is 24.3 Å². The Balaban J connectivity index is 2.26. The highest BCUT2D eigenvalue weighted by Gasteiger charge is 2.13. The van der Waals surface area contributed by atoms with Crippen LogP contribution in [0.2, 0.25) is 5.15 Å². The number of rotatable bonds is 2. The first-order valence-electron chi connectivity index (χ1n) is 5.41. The molecule has 6 nitrogen and oxygen atoms in total. The monoisotopic (exact) mass is 273 g/mol. The summed E-state index contributed by atoms with van der Waals surface area (Å²) in [5.41, 5.74) is 7.60. The summed E-state index contributed by atoms with van der Waals surface area (Å²) in [5.74, 6) is -0.543. The van der Waals surface area contributed by atoms with Gasteiger partial charge in [-0.1, -0.05) is 11.6 Å². The van der Waals surface area contributed by atoms with Crippen LogP contribution in [0.3, 0.4) is 0 Å². The van der Waals surface area contributed by atoms with Crippen molar-refractivity contribution in [3.63, 3.8) is 0 Å². The van der Waals surface area contributed by atoms with E-state index in [2.05, 4.69) is 15.1 Å². The van der Waals surface area contributed by atoms with E-state index in [4.69, 9.17) is 17.3 Å². The number of nitrogens with zero attached hydrogens (tertiary/aromatic N) is 4. The van der Waals surface area contributed by atoms with Crippen LogP contribution in [0.15, 0.2) is 36.8 Å². The quantitative estimate of drug-likeness (QED) is 0.718. The number of pyridine rings is 2. The van der Waals surface area contributed by atoms with Crippen molar-refractivity contribution in [2.24, 2.45) is 5.73 Å². The van der Waals surface area contributed by atoms with Gasteiger partial charge in [-0.25, -0.2) is 14.5 Å². The number of nitrogens with two attached hydrogens (primary N) is 1. The Morgan fingerprint density at radius 2 is 2.05 bits per heavy atom. The number of hydrogen-bond acceptors (Lipinski definition) is 4. The van der Waals surface area contributed by atoms with E-state index >= 15 is 0 Å². The maximum Gasteiger partial charge on any atom is 0.252 e. The Morgan fingerprint density at radius 3 is 2.74 bits per heavy atom.